The van der Waals surface area contributed by atoms with Crippen molar-refractivity contribution in [2.24, 2.45) is 5.92 Å². The van der Waals surface area contributed by atoms with Crippen LogP contribution >= 0.6 is 23.7 Å². The number of fused-ring (bicyclic) bond motifs is 1. The number of hydrogen-bond acceptors (Lipinski definition) is 6. The molecule has 0 aromatic carbocycles. The Morgan fingerprint density at radius 2 is 2.35 bits per heavy atom. The van der Waals surface area contributed by atoms with Crippen LogP contribution in [0.5, 0.6) is 0 Å². The van der Waals surface area contributed by atoms with E-state index in [4.69, 9.17) is 10.4 Å². The van der Waals surface area contributed by atoms with Gasteiger partial charge in [-0.1, -0.05) is 0 Å². The molecule has 108 valence electrons. The van der Waals surface area contributed by atoms with Crippen LogP contribution in [0.1, 0.15) is 6.92 Å². The molecular weight excluding hydrogens is 302 g/mol. The predicted octanol–water partition coefficient (Wildman–Crippen LogP) is -0.00882. The van der Waals surface area contributed by atoms with Crippen LogP contribution in [0, 0.1) is 17.2 Å². The summed E-state index contributed by atoms with van der Waals surface area (Å²) in [7, 11) is 0. The predicted molar refractivity (Wildman–Crippen MR) is 73.5 cm³/mol. The van der Waals surface area contributed by atoms with Crippen LogP contribution in [0.4, 0.5) is 0 Å². The molecule has 3 atom stereocenters. The van der Waals surface area contributed by atoms with Crippen molar-refractivity contribution in [2.75, 3.05) is 18.1 Å². The maximum absolute atomic E-state index is 12.1. The van der Waals surface area contributed by atoms with Gasteiger partial charge in [-0.25, -0.2) is 0 Å². The van der Waals surface area contributed by atoms with Crippen molar-refractivity contribution in [2.45, 2.75) is 18.3 Å². The van der Waals surface area contributed by atoms with Gasteiger partial charge in [-0.2, -0.15) is 5.26 Å². The van der Waals surface area contributed by atoms with E-state index in [0.29, 0.717) is 5.75 Å². The second-order valence-electron chi connectivity index (χ2n) is 4.47. The van der Waals surface area contributed by atoms with Crippen molar-refractivity contribution in [3.8, 4) is 6.07 Å². The van der Waals surface area contributed by atoms with Crippen LogP contribution in [0.25, 0.3) is 0 Å². The zero-order chi connectivity index (χ0) is 14.9. The Balaban J connectivity index is 2.06. The average Bonchev–Trinajstić information content (AvgIpc) is 2.41. The number of carboxylic acid groups (broad SMARTS) is 1. The molecule has 7 nitrogen and oxygen atoms in total. The van der Waals surface area contributed by atoms with Crippen LogP contribution in [-0.4, -0.2) is 61.6 Å². The molecule has 2 heterocycles. The first kappa shape index (κ1) is 15.0. The molecule has 0 saturated carbocycles. The summed E-state index contributed by atoms with van der Waals surface area (Å²) < 4.78 is 1.33. The van der Waals surface area contributed by atoms with Crippen molar-refractivity contribution >= 4 is 41.5 Å². The first-order valence-corrected chi connectivity index (χ1v) is 7.91. The van der Waals surface area contributed by atoms with E-state index in [0.717, 1.165) is 11.9 Å². The molecule has 0 bridgehead atoms. The number of thioether (sulfide) groups is 1. The summed E-state index contributed by atoms with van der Waals surface area (Å²) in [6, 6.07) is 1.33. The number of hydrogen-bond donors (Lipinski definition) is 1. The normalized spacial score (nSPS) is 28.1. The highest BCUT2D eigenvalue weighted by molar-refractivity contribution is 8.00. The molecule has 2 saturated heterocycles. The van der Waals surface area contributed by atoms with Gasteiger partial charge in [0.25, 0.3) is 0 Å². The van der Waals surface area contributed by atoms with E-state index in [-0.39, 0.29) is 29.5 Å². The van der Waals surface area contributed by atoms with Gasteiger partial charge in [-0.3, -0.25) is 18.7 Å². The van der Waals surface area contributed by atoms with Gasteiger partial charge in [0, 0.05) is 19.2 Å². The molecular formula is C11H13N3O4S2. The third-order valence-corrected chi connectivity index (χ3v) is 5.65. The van der Waals surface area contributed by atoms with E-state index >= 15 is 0 Å². The SMILES string of the molecule is CC(=O)N(SCC#N)C1C(=O)N2CC(C(=O)O)CS[C@@H]12. The van der Waals surface area contributed by atoms with Gasteiger partial charge in [-0.15, -0.1) is 11.8 Å². The van der Waals surface area contributed by atoms with Crippen molar-refractivity contribution in [3.05, 3.63) is 0 Å². The molecule has 0 radical (unpaired) electrons. The van der Waals surface area contributed by atoms with E-state index in [9.17, 15) is 14.4 Å². The Bertz CT molecular complexity index is 493. The fourth-order valence-electron chi connectivity index (χ4n) is 2.22. The number of nitriles is 1. The minimum absolute atomic E-state index is 0.0957. The number of aliphatic carboxylic acids is 1. The lowest BCUT2D eigenvalue weighted by atomic mass is 10.0. The lowest BCUT2D eigenvalue weighted by molar-refractivity contribution is -0.157. The summed E-state index contributed by atoms with van der Waals surface area (Å²) in [6.45, 7) is 1.55. The molecule has 2 unspecified atom stereocenters. The molecule has 2 aliphatic rings. The Morgan fingerprint density at radius 1 is 1.65 bits per heavy atom. The highest BCUT2D eigenvalue weighted by Gasteiger charge is 2.55. The van der Waals surface area contributed by atoms with Crippen molar-refractivity contribution in [1.82, 2.24) is 9.21 Å². The van der Waals surface area contributed by atoms with Gasteiger partial charge in [0.1, 0.15) is 11.1 Å². The molecule has 2 amide bonds. The number of carbonyl (C=O) groups excluding carboxylic acids is 2. The number of carboxylic acids is 1. The third-order valence-electron chi connectivity index (χ3n) is 3.18. The summed E-state index contributed by atoms with van der Waals surface area (Å²) in [4.78, 5) is 36.1. The summed E-state index contributed by atoms with van der Waals surface area (Å²) >= 11 is 2.40. The van der Waals surface area contributed by atoms with Crippen molar-refractivity contribution < 1.29 is 19.5 Å². The minimum atomic E-state index is -0.908. The van der Waals surface area contributed by atoms with Crippen LogP contribution in [0.2, 0.25) is 0 Å². The van der Waals surface area contributed by atoms with Gasteiger partial charge >= 0.3 is 5.97 Å². The van der Waals surface area contributed by atoms with Gasteiger partial charge in [0.15, 0.2) is 6.04 Å². The largest absolute Gasteiger partial charge is 0.481 e. The molecule has 2 fully saturated rings. The molecule has 0 aromatic rings. The average molecular weight is 315 g/mol. The van der Waals surface area contributed by atoms with Crippen molar-refractivity contribution in [3.63, 3.8) is 0 Å². The number of amides is 2. The van der Waals surface area contributed by atoms with Crippen molar-refractivity contribution in [1.29, 1.82) is 5.26 Å². The van der Waals surface area contributed by atoms with Crippen LogP contribution in [0.15, 0.2) is 0 Å². The standard InChI is InChI=1S/C11H13N3O4S2/c1-6(15)14(20-3-2-12)8-9(16)13-4-7(11(17)18)5-19-10(8)13/h7-8,10H,3-5H2,1H3,(H,17,18)/t7?,8?,10-/m0/s1. The summed E-state index contributed by atoms with van der Waals surface area (Å²) in [5, 5.41) is 17.4. The van der Waals surface area contributed by atoms with Crippen LogP contribution in [0.3, 0.4) is 0 Å². The van der Waals surface area contributed by atoms with E-state index in [1.807, 2.05) is 6.07 Å². The maximum Gasteiger partial charge on any atom is 0.309 e. The quantitative estimate of drug-likeness (QED) is 0.575. The molecule has 0 spiro atoms. The minimum Gasteiger partial charge on any atom is -0.481 e. The molecule has 2 aliphatic heterocycles. The molecule has 2 rings (SSSR count). The second kappa shape index (κ2) is 5.93. The summed E-state index contributed by atoms with van der Waals surface area (Å²) in [6.07, 6.45) is 0. The van der Waals surface area contributed by atoms with E-state index in [2.05, 4.69) is 0 Å². The lowest BCUT2D eigenvalue weighted by Gasteiger charge is -2.53. The fraction of sp³-hybridized carbons (Fsp3) is 0.636. The number of β-lactam (4-membered cyclic amide) rings is 1. The maximum atomic E-state index is 12.1. The third kappa shape index (κ3) is 2.58. The second-order valence-corrected chi connectivity index (χ2v) is 6.56. The topological polar surface area (TPSA) is 102 Å². The molecule has 0 aromatic heterocycles. The Labute approximate surface area is 124 Å². The summed E-state index contributed by atoms with van der Waals surface area (Å²) in [5.74, 6) is -1.46. The lowest BCUT2D eigenvalue weighted by Crippen LogP contribution is -2.71. The highest BCUT2D eigenvalue weighted by atomic mass is 32.2. The van der Waals surface area contributed by atoms with E-state index in [1.54, 1.807) is 0 Å². The van der Waals surface area contributed by atoms with Crippen LogP contribution in [-0.2, 0) is 14.4 Å². The molecule has 9 heteroatoms. The fourth-order valence-corrected chi connectivity index (χ4v) is 4.51. The molecule has 1 N–H and O–H groups in total. The molecule has 20 heavy (non-hydrogen) atoms. The zero-order valence-electron chi connectivity index (χ0n) is 10.7. The molecule has 0 aliphatic carbocycles. The van der Waals surface area contributed by atoms with Gasteiger partial charge in [0.2, 0.25) is 11.8 Å². The zero-order valence-corrected chi connectivity index (χ0v) is 12.3. The number of nitrogens with zero attached hydrogens (tertiary/aromatic N) is 3. The first-order chi connectivity index (χ1) is 9.47. The van der Waals surface area contributed by atoms with Gasteiger partial charge in [-0.05, 0) is 11.9 Å². The van der Waals surface area contributed by atoms with Crippen LogP contribution < -0.4 is 0 Å². The Kier molecular flexibility index (Phi) is 4.45. The van der Waals surface area contributed by atoms with Gasteiger partial charge in [0.05, 0.1) is 12.0 Å². The summed E-state index contributed by atoms with van der Waals surface area (Å²) in [5.41, 5.74) is 0. The smallest absolute Gasteiger partial charge is 0.309 e. The monoisotopic (exact) mass is 315 g/mol. The Hall–Kier alpha value is -1.40. The first-order valence-electron chi connectivity index (χ1n) is 5.92. The van der Waals surface area contributed by atoms with E-state index < -0.39 is 17.9 Å². The number of carbonyl (C=O) groups is 3. The van der Waals surface area contributed by atoms with Gasteiger partial charge < -0.3 is 10.0 Å². The number of rotatable bonds is 4. The Morgan fingerprint density at radius 3 is 2.90 bits per heavy atom. The van der Waals surface area contributed by atoms with E-state index in [1.165, 1.54) is 27.9 Å². The highest BCUT2D eigenvalue weighted by Crippen LogP contribution is 2.41.